The SMILES string of the molecule is Cc1ccccc1NC(=O)CN1CCc2sccc2[C@@H]1C. The second-order valence-electron chi connectivity index (χ2n) is 5.56. The summed E-state index contributed by atoms with van der Waals surface area (Å²) in [6.45, 7) is 5.60. The number of rotatable bonds is 3. The molecule has 0 saturated heterocycles. The number of thiophene rings is 1. The van der Waals surface area contributed by atoms with Crippen LogP contribution < -0.4 is 5.32 Å². The van der Waals surface area contributed by atoms with Crippen LogP contribution in [0.4, 0.5) is 5.69 Å². The molecule has 1 aliphatic rings. The van der Waals surface area contributed by atoms with Crippen LogP contribution in [0, 0.1) is 6.92 Å². The number of carbonyl (C=O) groups is 1. The van der Waals surface area contributed by atoms with Gasteiger partial charge >= 0.3 is 0 Å². The molecule has 3 nitrogen and oxygen atoms in total. The number of amides is 1. The Morgan fingerprint density at radius 1 is 1.38 bits per heavy atom. The van der Waals surface area contributed by atoms with Crippen molar-refractivity contribution < 1.29 is 4.79 Å². The van der Waals surface area contributed by atoms with Gasteiger partial charge in [-0.05, 0) is 48.9 Å². The van der Waals surface area contributed by atoms with Crippen molar-refractivity contribution >= 4 is 22.9 Å². The average Bonchev–Trinajstić information content (AvgIpc) is 2.94. The van der Waals surface area contributed by atoms with Crippen LogP contribution in [0.2, 0.25) is 0 Å². The summed E-state index contributed by atoms with van der Waals surface area (Å²) in [5.74, 6) is 0.0647. The van der Waals surface area contributed by atoms with Crippen molar-refractivity contribution in [1.82, 2.24) is 4.90 Å². The van der Waals surface area contributed by atoms with E-state index in [9.17, 15) is 4.79 Å². The van der Waals surface area contributed by atoms with Crippen LogP contribution in [-0.2, 0) is 11.2 Å². The molecule has 4 heteroatoms. The highest BCUT2D eigenvalue weighted by molar-refractivity contribution is 7.10. The summed E-state index contributed by atoms with van der Waals surface area (Å²) >= 11 is 1.83. The van der Waals surface area contributed by atoms with E-state index in [0.717, 1.165) is 24.2 Å². The third kappa shape index (κ3) is 3.01. The van der Waals surface area contributed by atoms with E-state index in [0.29, 0.717) is 12.6 Å². The largest absolute Gasteiger partial charge is 0.325 e. The molecular weight excluding hydrogens is 280 g/mol. The highest BCUT2D eigenvalue weighted by atomic mass is 32.1. The molecule has 1 atom stereocenters. The molecule has 2 heterocycles. The van der Waals surface area contributed by atoms with E-state index < -0.39 is 0 Å². The van der Waals surface area contributed by atoms with Gasteiger partial charge in [0.2, 0.25) is 5.91 Å². The Balaban J connectivity index is 1.65. The van der Waals surface area contributed by atoms with E-state index in [1.807, 2.05) is 42.5 Å². The van der Waals surface area contributed by atoms with Gasteiger partial charge in [-0.3, -0.25) is 9.69 Å². The standard InChI is InChI=1S/C17H20N2OS/c1-12-5-3-4-6-15(12)18-17(20)11-19-9-7-16-14(13(19)2)8-10-21-16/h3-6,8,10,13H,7,9,11H2,1-2H3,(H,18,20)/t13-/m0/s1. The quantitative estimate of drug-likeness (QED) is 0.939. The maximum Gasteiger partial charge on any atom is 0.238 e. The number of carbonyl (C=O) groups excluding carboxylic acids is 1. The van der Waals surface area contributed by atoms with E-state index in [2.05, 4.69) is 28.6 Å². The number of hydrogen-bond acceptors (Lipinski definition) is 3. The fourth-order valence-corrected chi connectivity index (χ4v) is 3.83. The Morgan fingerprint density at radius 3 is 3.00 bits per heavy atom. The highest BCUT2D eigenvalue weighted by Gasteiger charge is 2.26. The monoisotopic (exact) mass is 300 g/mol. The van der Waals surface area contributed by atoms with Crippen molar-refractivity contribution in [1.29, 1.82) is 0 Å². The lowest BCUT2D eigenvalue weighted by molar-refractivity contribution is -0.117. The van der Waals surface area contributed by atoms with Gasteiger partial charge < -0.3 is 5.32 Å². The maximum atomic E-state index is 12.3. The summed E-state index contributed by atoms with van der Waals surface area (Å²) in [6.07, 6.45) is 1.05. The van der Waals surface area contributed by atoms with Gasteiger partial charge in [0.05, 0.1) is 6.54 Å². The molecule has 0 bridgehead atoms. The second-order valence-corrected chi connectivity index (χ2v) is 6.56. The Morgan fingerprint density at radius 2 is 2.19 bits per heavy atom. The molecule has 0 radical (unpaired) electrons. The van der Waals surface area contributed by atoms with Gasteiger partial charge in [0.25, 0.3) is 0 Å². The first-order valence-electron chi connectivity index (χ1n) is 7.31. The predicted molar refractivity (Wildman–Crippen MR) is 87.8 cm³/mol. The summed E-state index contributed by atoms with van der Waals surface area (Å²) in [4.78, 5) is 16.0. The summed E-state index contributed by atoms with van der Waals surface area (Å²) in [5, 5.41) is 5.17. The van der Waals surface area contributed by atoms with Crippen molar-refractivity contribution in [3.8, 4) is 0 Å². The fourth-order valence-electron chi connectivity index (χ4n) is 2.86. The molecule has 110 valence electrons. The van der Waals surface area contributed by atoms with Gasteiger partial charge in [-0.25, -0.2) is 0 Å². The maximum absolute atomic E-state index is 12.3. The van der Waals surface area contributed by atoms with Crippen LogP contribution in [0.15, 0.2) is 35.7 Å². The lowest BCUT2D eigenvalue weighted by atomic mass is 10.0. The first-order chi connectivity index (χ1) is 10.1. The molecular formula is C17H20N2OS. The number of nitrogens with one attached hydrogen (secondary N) is 1. The van der Waals surface area contributed by atoms with E-state index in [1.54, 1.807) is 0 Å². The Kier molecular flexibility index (Phi) is 4.08. The number of anilines is 1. The summed E-state index contributed by atoms with van der Waals surface area (Å²) in [7, 11) is 0. The smallest absolute Gasteiger partial charge is 0.238 e. The number of hydrogen-bond donors (Lipinski definition) is 1. The highest BCUT2D eigenvalue weighted by Crippen LogP contribution is 2.32. The van der Waals surface area contributed by atoms with Gasteiger partial charge in [-0.2, -0.15) is 0 Å². The van der Waals surface area contributed by atoms with Crippen LogP contribution in [0.25, 0.3) is 0 Å². The molecule has 1 aromatic heterocycles. The van der Waals surface area contributed by atoms with Crippen molar-refractivity contribution in [2.45, 2.75) is 26.3 Å². The molecule has 1 N–H and O–H groups in total. The third-order valence-electron chi connectivity index (χ3n) is 4.17. The molecule has 0 aliphatic carbocycles. The molecule has 0 spiro atoms. The lowest BCUT2D eigenvalue weighted by Crippen LogP contribution is -2.39. The summed E-state index contributed by atoms with van der Waals surface area (Å²) < 4.78 is 0. The predicted octanol–water partition coefficient (Wildman–Crippen LogP) is 3.61. The summed E-state index contributed by atoms with van der Waals surface area (Å²) in [5.41, 5.74) is 3.39. The van der Waals surface area contributed by atoms with Crippen LogP contribution in [-0.4, -0.2) is 23.9 Å². The minimum Gasteiger partial charge on any atom is -0.325 e. The zero-order valence-corrected chi connectivity index (χ0v) is 13.2. The van der Waals surface area contributed by atoms with Crippen LogP contribution in [0.1, 0.15) is 29.0 Å². The van der Waals surface area contributed by atoms with Crippen LogP contribution in [0.3, 0.4) is 0 Å². The van der Waals surface area contributed by atoms with Crippen molar-refractivity contribution in [2.75, 3.05) is 18.4 Å². The first kappa shape index (κ1) is 14.3. The lowest BCUT2D eigenvalue weighted by Gasteiger charge is -2.32. The van der Waals surface area contributed by atoms with Crippen LogP contribution in [0.5, 0.6) is 0 Å². The third-order valence-corrected chi connectivity index (χ3v) is 5.17. The molecule has 1 aromatic carbocycles. The number of fused-ring (bicyclic) bond motifs is 1. The van der Waals surface area contributed by atoms with Crippen molar-refractivity contribution in [2.24, 2.45) is 0 Å². The molecule has 2 aromatic rings. The van der Waals surface area contributed by atoms with Crippen molar-refractivity contribution in [3.05, 3.63) is 51.7 Å². The zero-order chi connectivity index (χ0) is 14.8. The molecule has 0 unspecified atom stereocenters. The molecule has 21 heavy (non-hydrogen) atoms. The topological polar surface area (TPSA) is 32.3 Å². The molecule has 3 rings (SSSR count). The number of nitrogens with zero attached hydrogens (tertiary/aromatic N) is 1. The van der Waals surface area contributed by atoms with E-state index >= 15 is 0 Å². The van der Waals surface area contributed by atoms with E-state index in [1.165, 1.54) is 10.4 Å². The first-order valence-corrected chi connectivity index (χ1v) is 8.19. The Labute approximate surface area is 129 Å². The fraction of sp³-hybridized carbons (Fsp3) is 0.353. The molecule has 0 fully saturated rings. The van der Waals surface area contributed by atoms with Gasteiger partial charge in [0.15, 0.2) is 0 Å². The number of aryl methyl sites for hydroxylation is 1. The van der Waals surface area contributed by atoms with Gasteiger partial charge in [-0.15, -0.1) is 11.3 Å². The van der Waals surface area contributed by atoms with Crippen LogP contribution >= 0.6 is 11.3 Å². The Bertz CT molecular complexity index is 650. The van der Waals surface area contributed by atoms with Gasteiger partial charge in [-0.1, -0.05) is 18.2 Å². The minimum atomic E-state index is 0.0647. The normalized spacial score (nSPS) is 18.3. The zero-order valence-electron chi connectivity index (χ0n) is 12.4. The average molecular weight is 300 g/mol. The minimum absolute atomic E-state index is 0.0647. The van der Waals surface area contributed by atoms with Gasteiger partial charge in [0.1, 0.15) is 0 Å². The second kappa shape index (κ2) is 6.00. The van der Waals surface area contributed by atoms with Gasteiger partial charge in [0, 0.05) is 23.2 Å². The van der Waals surface area contributed by atoms with E-state index in [4.69, 9.17) is 0 Å². The van der Waals surface area contributed by atoms with Crippen molar-refractivity contribution in [3.63, 3.8) is 0 Å². The summed E-state index contributed by atoms with van der Waals surface area (Å²) in [6, 6.07) is 10.4. The number of benzene rings is 1. The number of para-hydroxylation sites is 1. The molecule has 1 amide bonds. The molecule has 0 saturated carbocycles. The Hall–Kier alpha value is -1.65. The van der Waals surface area contributed by atoms with E-state index in [-0.39, 0.29) is 5.91 Å². The molecule has 1 aliphatic heterocycles.